The Morgan fingerprint density at radius 1 is 1.47 bits per heavy atom. The first-order valence-electron chi connectivity index (χ1n) is 6.20. The third-order valence-corrected chi connectivity index (χ3v) is 4.29. The Morgan fingerprint density at radius 3 is 2.74 bits per heavy atom. The molecule has 0 spiro atoms. The van der Waals surface area contributed by atoms with Gasteiger partial charge in [-0.1, -0.05) is 0 Å². The fourth-order valence-electron chi connectivity index (χ4n) is 1.77. The zero-order chi connectivity index (χ0) is 14.5. The van der Waals surface area contributed by atoms with E-state index in [-0.39, 0.29) is 10.9 Å². The van der Waals surface area contributed by atoms with E-state index >= 15 is 0 Å². The average Bonchev–Trinajstić information content (AvgIpc) is 2.68. The summed E-state index contributed by atoms with van der Waals surface area (Å²) in [6.45, 7) is 6.61. The van der Waals surface area contributed by atoms with Crippen LogP contribution in [0.1, 0.15) is 25.2 Å². The molecule has 1 rings (SSSR count). The van der Waals surface area contributed by atoms with Crippen molar-refractivity contribution in [1.29, 1.82) is 0 Å². The highest BCUT2D eigenvalue weighted by atomic mass is 32.2. The van der Waals surface area contributed by atoms with Crippen molar-refractivity contribution in [2.24, 2.45) is 0 Å². The predicted molar refractivity (Wildman–Crippen MR) is 72.4 cm³/mol. The molecule has 1 aromatic rings. The number of H-pyrrole nitrogens is 1. The molecule has 3 N–H and O–H groups in total. The second-order valence-corrected chi connectivity index (χ2v) is 5.99. The van der Waals surface area contributed by atoms with Crippen molar-refractivity contribution >= 4 is 10.0 Å². The molecule has 0 aliphatic rings. The highest BCUT2D eigenvalue weighted by Crippen LogP contribution is 2.17. The van der Waals surface area contributed by atoms with Gasteiger partial charge in [-0.15, -0.1) is 0 Å². The summed E-state index contributed by atoms with van der Waals surface area (Å²) in [7, 11) is -1.85. The average molecular weight is 290 g/mol. The largest absolute Gasteiger partial charge is 0.380 e. The van der Waals surface area contributed by atoms with Crippen LogP contribution in [0.25, 0.3) is 0 Å². The summed E-state index contributed by atoms with van der Waals surface area (Å²) in [4.78, 5) is 0.213. The molecule has 0 amide bonds. The number of rotatable bonds is 8. The molecule has 110 valence electrons. The van der Waals surface area contributed by atoms with E-state index in [4.69, 9.17) is 4.74 Å². The Kier molecular flexibility index (Phi) is 5.92. The van der Waals surface area contributed by atoms with Crippen LogP contribution >= 0.6 is 0 Å². The molecule has 1 atom stereocenters. The monoisotopic (exact) mass is 290 g/mol. The molecule has 0 radical (unpaired) electrons. The number of nitrogens with one attached hydrogen (secondary N) is 3. The summed E-state index contributed by atoms with van der Waals surface area (Å²) in [6.07, 6.45) is 0. The summed E-state index contributed by atoms with van der Waals surface area (Å²) in [5.41, 5.74) is 1.01. The fourth-order valence-corrected chi connectivity index (χ4v) is 3.36. The van der Waals surface area contributed by atoms with Crippen molar-refractivity contribution in [3.05, 3.63) is 11.4 Å². The van der Waals surface area contributed by atoms with E-state index in [1.165, 1.54) is 0 Å². The lowest BCUT2D eigenvalue weighted by Crippen LogP contribution is -2.36. The molecule has 0 bridgehead atoms. The molecule has 0 aliphatic heterocycles. The molecule has 7 nitrogen and oxygen atoms in total. The maximum absolute atomic E-state index is 12.3. The van der Waals surface area contributed by atoms with Crippen LogP contribution in [0.2, 0.25) is 0 Å². The maximum atomic E-state index is 12.3. The van der Waals surface area contributed by atoms with Crippen LogP contribution in [0.3, 0.4) is 0 Å². The van der Waals surface area contributed by atoms with Crippen LogP contribution in [0, 0.1) is 6.92 Å². The van der Waals surface area contributed by atoms with Crippen LogP contribution in [0.5, 0.6) is 0 Å². The number of aromatic nitrogens is 2. The van der Waals surface area contributed by atoms with Crippen molar-refractivity contribution in [2.45, 2.75) is 38.3 Å². The van der Waals surface area contributed by atoms with Gasteiger partial charge < -0.3 is 10.1 Å². The molecule has 1 heterocycles. The van der Waals surface area contributed by atoms with Crippen molar-refractivity contribution in [3.63, 3.8) is 0 Å². The third-order valence-electron chi connectivity index (χ3n) is 2.50. The lowest BCUT2D eigenvalue weighted by molar-refractivity contribution is 0.133. The lowest BCUT2D eigenvalue weighted by Gasteiger charge is -2.14. The second kappa shape index (κ2) is 6.99. The molecule has 1 unspecified atom stereocenters. The minimum Gasteiger partial charge on any atom is -0.380 e. The quantitative estimate of drug-likeness (QED) is 0.633. The molecule has 0 aromatic carbocycles. The van der Waals surface area contributed by atoms with Gasteiger partial charge in [-0.2, -0.15) is 5.10 Å². The van der Waals surface area contributed by atoms with Crippen LogP contribution in [0.4, 0.5) is 0 Å². The SMILES string of the molecule is CCOCC(C)NS(=O)(=O)c1c(CNC)n[nH]c1C. The van der Waals surface area contributed by atoms with Gasteiger partial charge in [0.05, 0.1) is 18.0 Å². The maximum Gasteiger partial charge on any atom is 0.244 e. The summed E-state index contributed by atoms with van der Waals surface area (Å²) >= 11 is 0. The number of aryl methyl sites for hydroxylation is 1. The Morgan fingerprint density at radius 2 is 2.16 bits per heavy atom. The molecule has 0 aliphatic carbocycles. The lowest BCUT2D eigenvalue weighted by atomic mass is 10.4. The molecule has 0 saturated heterocycles. The van der Waals surface area contributed by atoms with E-state index in [9.17, 15) is 8.42 Å². The topological polar surface area (TPSA) is 96.1 Å². The van der Waals surface area contributed by atoms with E-state index in [1.807, 2.05) is 6.92 Å². The standard InChI is InChI=1S/C11H22N4O3S/c1-5-18-7-8(2)15-19(16,17)11-9(3)13-14-10(11)6-12-4/h8,12,15H,5-7H2,1-4H3,(H,13,14). The van der Waals surface area contributed by atoms with Gasteiger partial charge in [-0.25, -0.2) is 13.1 Å². The molecule has 8 heteroatoms. The number of aromatic amines is 1. The molecule has 1 aromatic heterocycles. The number of sulfonamides is 1. The van der Waals surface area contributed by atoms with E-state index in [1.54, 1.807) is 20.9 Å². The summed E-state index contributed by atoms with van der Waals surface area (Å²) in [6, 6.07) is -0.290. The number of hydrogen-bond acceptors (Lipinski definition) is 5. The molecule has 0 fully saturated rings. The highest BCUT2D eigenvalue weighted by molar-refractivity contribution is 7.89. The number of nitrogens with zero attached hydrogens (tertiary/aromatic N) is 1. The zero-order valence-corrected chi connectivity index (χ0v) is 12.6. The van der Waals surface area contributed by atoms with Gasteiger partial charge in [0.1, 0.15) is 4.90 Å². The molecule has 19 heavy (non-hydrogen) atoms. The van der Waals surface area contributed by atoms with E-state index in [2.05, 4.69) is 20.2 Å². The van der Waals surface area contributed by atoms with E-state index in [0.717, 1.165) is 0 Å². The van der Waals surface area contributed by atoms with E-state index < -0.39 is 10.0 Å². The molecular formula is C11H22N4O3S. The van der Waals surface area contributed by atoms with Crippen molar-refractivity contribution < 1.29 is 13.2 Å². The molecular weight excluding hydrogens is 268 g/mol. The Balaban J connectivity index is 2.90. The molecule has 0 saturated carbocycles. The van der Waals surface area contributed by atoms with Gasteiger partial charge in [-0.3, -0.25) is 5.10 Å². The minimum absolute atomic E-state index is 0.213. The third kappa shape index (κ3) is 4.27. The van der Waals surface area contributed by atoms with Gasteiger partial charge in [0.15, 0.2) is 0 Å². The van der Waals surface area contributed by atoms with Crippen molar-refractivity contribution in [2.75, 3.05) is 20.3 Å². The summed E-state index contributed by atoms with van der Waals surface area (Å²) < 4.78 is 32.5. The van der Waals surface area contributed by atoms with Gasteiger partial charge in [0, 0.05) is 19.2 Å². The number of hydrogen-bond donors (Lipinski definition) is 3. The van der Waals surface area contributed by atoms with Gasteiger partial charge in [0.25, 0.3) is 0 Å². The fraction of sp³-hybridized carbons (Fsp3) is 0.727. The minimum atomic E-state index is -3.59. The first-order valence-corrected chi connectivity index (χ1v) is 7.69. The smallest absolute Gasteiger partial charge is 0.244 e. The van der Waals surface area contributed by atoms with E-state index in [0.29, 0.717) is 31.1 Å². The van der Waals surface area contributed by atoms with Crippen LogP contribution in [-0.4, -0.2) is 44.9 Å². The van der Waals surface area contributed by atoms with Gasteiger partial charge >= 0.3 is 0 Å². The number of ether oxygens (including phenoxy) is 1. The zero-order valence-electron chi connectivity index (χ0n) is 11.8. The van der Waals surface area contributed by atoms with Crippen molar-refractivity contribution in [3.8, 4) is 0 Å². The van der Waals surface area contributed by atoms with Crippen LogP contribution in [0.15, 0.2) is 4.90 Å². The predicted octanol–water partition coefficient (Wildman–Crippen LogP) is 0.141. The summed E-state index contributed by atoms with van der Waals surface area (Å²) in [5, 5.41) is 9.61. The summed E-state index contributed by atoms with van der Waals surface area (Å²) in [5.74, 6) is 0. The van der Waals surface area contributed by atoms with Crippen LogP contribution in [-0.2, 0) is 21.3 Å². The first-order chi connectivity index (χ1) is 8.92. The first kappa shape index (κ1) is 16.1. The van der Waals surface area contributed by atoms with Crippen molar-refractivity contribution in [1.82, 2.24) is 20.2 Å². The van der Waals surface area contributed by atoms with Gasteiger partial charge in [-0.05, 0) is 27.8 Å². The normalized spacial score (nSPS) is 13.7. The Bertz CT molecular complexity index is 498. The van der Waals surface area contributed by atoms with Crippen LogP contribution < -0.4 is 10.0 Å². The van der Waals surface area contributed by atoms with Gasteiger partial charge in [0.2, 0.25) is 10.0 Å². The highest BCUT2D eigenvalue weighted by Gasteiger charge is 2.25. The Hall–Kier alpha value is -0.960. The second-order valence-electron chi connectivity index (χ2n) is 4.34. The Labute approximate surface area is 114 Å².